The van der Waals surface area contributed by atoms with E-state index in [0.29, 0.717) is 0 Å². The highest BCUT2D eigenvalue weighted by Crippen LogP contribution is 1.80. The normalized spacial score (nSPS) is 15.3. The summed E-state index contributed by atoms with van der Waals surface area (Å²) in [5.41, 5.74) is 0. The van der Waals surface area contributed by atoms with Gasteiger partial charge in [-0.3, -0.25) is 0 Å². The fourth-order valence-electron chi connectivity index (χ4n) is 0.386. The Morgan fingerprint density at radius 2 is 2.56 bits per heavy atom. The second-order valence-corrected chi connectivity index (χ2v) is 1.31. The minimum absolute atomic E-state index is 0.363. The standard InChI is InChI=1S/C4H3N3O2/c8-7(9)4-5-2-1-3-6-4/h1-3H/q+1. The minimum atomic E-state index is -0.639. The molecule has 0 unspecified atom stereocenters. The number of allylic oxidation sites excluding steroid dienone is 1. The maximum Gasteiger partial charge on any atom is 0.677 e. The molecule has 45 valence electrons. The Bertz CT molecular complexity index is 216. The lowest BCUT2D eigenvalue weighted by atomic mass is 10.6. The van der Waals surface area contributed by atoms with Crippen LogP contribution in [0.5, 0.6) is 0 Å². The Kier molecular flexibility index (Phi) is 1.35. The highest BCUT2D eigenvalue weighted by atomic mass is 16.6. The van der Waals surface area contributed by atoms with E-state index in [1.807, 2.05) is 0 Å². The summed E-state index contributed by atoms with van der Waals surface area (Å²) in [4.78, 5) is 16.0. The van der Waals surface area contributed by atoms with Gasteiger partial charge in [0.05, 0.1) is 14.9 Å². The molecule has 0 saturated heterocycles. The summed E-state index contributed by atoms with van der Waals surface area (Å²) in [6, 6.07) is 0. The van der Waals surface area contributed by atoms with Crippen molar-refractivity contribution in [3.05, 3.63) is 22.4 Å². The summed E-state index contributed by atoms with van der Waals surface area (Å²) in [5.74, 6) is -0.363. The van der Waals surface area contributed by atoms with Crippen LogP contribution in [0, 0.1) is 10.1 Å². The van der Waals surface area contributed by atoms with Crippen molar-refractivity contribution in [2.75, 3.05) is 0 Å². The molecule has 0 fully saturated rings. The number of rotatable bonds is 0. The highest BCUT2D eigenvalue weighted by molar-refractivity contribution is 5.88. The van der Waals surface area contributed by atoms with Crippen LogP contribution in [0.4, 0.5) is 0 Å². The summed E-state index contributed by atoms with van der Waals surface area (Å²) >= 11 is 0. The maximum atomic E-state index is 9.88. The van der Waals surface area contributed by atoms with E-state index in [9.17, 15) is 10.1 Å². The van der Waals surface area contributed by atoms with Crippen LogP contribution in [-0.2, 0) is 0 Å². The van der Waals surface area contributed by atoms with Gasteiger partial charge in [-0.15, -0.1) is 0 Å². The van der Waals surface area contributed by atoms with Crippen molar-refractivity contribution >= 4 is 12.2 Å². The molecule has 1 aliphatic heterocycles. The van der Waals surface area contributed by atoms with Crippen molar-refractivity contribution in [2.45, 2.75) is 0 Å². The number of nitro groups is 1. The fourth-order valence-corrected chi connectivity index (χ4v) is 0.386. The first kappa shape index (κ1) is 5.61. The third-order valence-corrected chi connectivity index (χ3v) is 0.715. The van der Waals surface area contributed by atoms with Gasteiger partial charge in [0.2, 0.25) is 0 Å². The maximum absolute atomic E-state index is 9.88. The smallest absolute Gasteiger partial charge is 0.320 e. The average Bonchev–Trinajstić information content (AvgIpc) is 1.90. The summed E-state index contributed by atoms with van der Waals surface area (Å²) in [7, 11) is 0. The molecule has 0 aromatic heterocycles. The first-order chi connectivity index (χ1) is 4.30. The summed E-state index contributed by atoms with van der Waals surface area (Å²) < 4.78 is 0. The van der Waals surface area contributed by atoms with Crippen LogP contribution in [0.3, 0.4) is 0 Å². The molecule has 0 atom stereocenters. The molecular formula is C4H3N3O2+. The van der Waals surface area contributed by atoms with Gasteiger partial charge >= 0.3 is 5.96 Å². The Morgan fingerprint density at radius 3 is 2.89 bits per heavy atom. The predicted molar refractivity (Wildman–Crippen MR) is 31.8 cm³/mol. The predicted octanol–water partition coefficient (Wildman–Crippen LogP) is -0.447. The molecular weight excluding hydrogens is 122 g/mol. The summed E-state index contributed by atoms with van der Waals surface area (Å²) in [5, 5.41) is 9.88. The second-order valence-electron chi connectivity index (χ2n) is 1.31. The molecule has 0 aromatic rings. The lowest BCUT2D eigenvalue weighted by Gasteiger charge is -1.77. The van der Waals surface area contributed by atoms with E-state index in [4.69, 9.17) is 0 Å². The number of aliphatic imine (C=N–C) groups is 2. The van der Waals surface area contributed by atoms with E-state index in [-0.39, 0.29) is 5.96 Å². The molecule has 1 radical (unpaired) electrons. The van der Waals surface area contributed by atoms with Crippen LogP contribution in [0.1, 0.15) is 0 Å². The first-order valence-electron chi connectivity index (χ1n) is 2.22. The van der Waals surface area contributed by atoms with E-state index in [1.54, 1.807) is 0 Å². The lowest BCUT2D eigenvalue weighted by molar-refractivity contribution is -0.353. The van der Waals surface area contributed by atoms with E-state index < -0.39 is 4.92 Å². The number of hydrogen-bond acceptors (Lipinski definition) is 4. The van der Waals surface area contributed by atoms with Crippen molar-refractivity contribution in [3.63, 3.8) is 0 Å². The molecule has 0 spiro atoms. The lowest BCUT2D eigenvalue weighted by Crippen LogP contribution is -2.15. The van der Waals surface area contributed by atoms with Gasteiger partial charge in [-0.05, 0) is 0 Å². The van der Waals surface area contributed by atoms with E-state index >= 15 is 0 Å². The molecule has 0 saturated carbocycles. The molecule has 0 aliphatic carbocycles. The largest absolute Gasteiger partial charge is 0.677 e. The number of nitrogens with zero attached hydrogens (tertiary/aromatic N) is 3. The van der Waals surface area contributed by atoms with Gasteiger partial charge in [-0.1, -0.05) is 0 Å². The van der Waals surface area contributed by atoms with Crippen molar-refractivity contribution in [1.29, 1.82) is 0 Å². The number of hydrogen-bond donors (Lipinski definition) is 0. The fraction of sp³-hybridized carbons (Fsp3) is 0. The van der Waals surface area contributed by atoms with Crippen molar-refractivity contribution in [1.82, 2.24) is 4.99 Å². The Balaban J connectivity index is 2.84. The molecule has 0 amide bonds. The van der Waals surface area contributed by atoms with Crippen molar-refractivity contribution in [3.8, 4) is 0 Å². The Labute approximate surface area is 50.6 Å². The van der Waals surface area contributed by atoms with Gasteiger partial charge in [0.15, 0.2) is 12.4 Å². The molecule has 1 aliphatic rings. The Hall–Kier alpha value is -1.52. The third kappa shape index (κ3) is 1.18. The van der Waals surface area contributed by atoms with E-state index in [1.165, 1.54) is 18.5 Å². The molecule has 0 aromatic carbocycles. The molecule has 9 heavy (non-hydrogen) atoms. The van der Waals surface area contributed by atoms with Gasteiger partial charge in [-0.2, -0.15) is 0 Å². The van der Waals surface area contributed by atoms with Gasteiger partial charge < -0.3 is 10.1 Å². The number of guanidine groups is 1. The zero-order valence-corrected chi connectivity index (χ0v) is 4.39. The van der Waals surface area contributed by atoms with Crippen LogP contribution in [0.2, 0.25) is 0 Å². The average molecular weight is 125 g/mol. The summed E-state index contributed by atoms with van der Waals surface area (Å²) in [6.45, 7) is 0. The molecule has 0 N–H and O–H groups in total. The zero-order chi connectivity index (χ0) is 6.69. The first-order valence-corrected chi connectivity index (χ1v) is 2.22. The Morgan fingerprint density at radius 1 is 1.78 bits per heavy atom. The van der Waals surface area contributed by atoms with Gasteiger partial charge in [0.25, 0.3) is 0 Å². The van der Waals surface area contributed by atoms with Crippen molar-refractivity contribution in [2.24, 2.45) is 4.99 Å². The zero-order valence-electron chi connectivity index (χ0n) is 4.39. The van der Waals surface area contributed by atoms with Crippen LogP contribution in [0.15, 0.2) is 17.3 Å². The van der Waals surface area contributed by atoms with Crippen LogP contribution in [-0.4, -0.2) is 17.1 Å². The van der Waals surface area contributed by atoms with Crippen LogP contribution < -0.4 is 4.99 Å². The quantitative estimate of drug-likeness (QED) is 0.325. The minimum Gasteiger partial charge on any atom is -0.320 e. The SMILES string of the molecule is O=[N+]([O-])C1=[N+]C=CC=N1. The van der Waals surface area contributed by atoms with E-state index in [2.05, 4.69) is 9.98 Å². The molecule has 1 heterocycles. The third-order valence-electron chi connectivity index (χ3n) is 0.715. The monoisotopic (exact) mass is 125 g/mol. The van der Waals surface area contributed by atoms with Gasteiger partial charge in [0, 0.05) is 6.08 Å². The van der Waals surface area contributed by atoms with E-state index in [0.717, 1.165) is 0 Å². The van der Waals surface area contributed by atoms with Gasteiger partial charge in [-0.25, -0.2) is 0 Å². The topological polar surface area (TPSA) is 69.6 Å². The van der Waals surface area contributed by atoms with Crippen LogP contribution >= 0.6 is 0 Å². The van der Waals surface area contributed by atoms with Gasteiger partial charge in [0.1, 0.15) is 0 Å². The molecule has 1 rings (SSSR count). The highest BCUT2D eigenvalue weighted by Gasteiger charge is 2.23. The molecule has 0 bridgehead atoms. The van der Waals surface area contributed by atoms with Crippen LogP contribution in [0.25, 0.3) is 0 Å². The molecule has 5 heteroatoms. The summed E-state index contributed by atoms with van der Waals surface area (Å²) in [6.07, 6.45) is 4.17. The van der Waals surface area contributed by atoms with Crippen molar-refractivity contribution < 1.29 is 4.92 Å². The molecule has 5 nitrogen and oxygen atoms in total. The second kappa shape index (κ2) is 2.17.